The lowest BCUT2D eigenvalue weighted by Crippen LogP contribution is -2.27. The van der Waals surface area contributed by atoms with Gasteiger partial charge in [0, 0.05) is 67.9 Å². The van der Waals surface area contributed by atoms with Gasteiger partial charge in [-0.1, -0.05) is 0 Å². The van der Waals surface area contributed by atoms with Crippen LogP contribution in [0, 0.1) is 6.92 Å². The molecule has 0 saturated heterocycles. The van der Waals surface area contributed by atoms with Crippen LogP contribution < -0.4 is 16.0 Å². The van der Waals surface area contributed by atoms with E-state index in [-0.39, 0.29) is 23.9 Å². The van der Waals surface area contributed by atoms with Gasteiger partial charge in [-0.3, -0.25) is 9.78 Å². The van der Waals surface area contributed by atoms with Gasteiger partial charge in [-0.25, -0.2) is 19.9 Å². The van der Waals surface area contributed by atoms with Gasteiger partial charge < -0.3 is 24.8 Å². The van der Waals surface area contributed by atoms with Crippen LogP contribution in [-0.4, -0.2) is 49.3 Å². The molecule has 0 aliphatic carbocycles. The Labute approximate surface area is 200 Å². The van der Waals surface area contributed by atoms with Crippen molar-refractivity contribution in [2.24, 2.45) is 0 Å². The van der Waals surface area contributed by atoms with Crippen LogP contribution in [0.5, 0.6) is 0 Å². The highest BCUT2D eigenvalue weighted by Gasteiger charge is 2.22. The van der Waals surface area contributed by atoms with Gasteiger partial charge in [0.1, 0.15) is 17.6 Å². The fourth-order valence-corrected chi connectivity index (χ4v) is 3.80. The Morgan fingerprint density at radius 1 is 1.11 bits per heavy atom. The molecule has 0 aliphatic rings. The zero-order valence-corrected chi connectivity index (χ0v) is 19.4. The number of nitrogens with one attached hydrogen (secondary N) is 1. The fourth-order valence-electron chi connectivity index (χ4n) is 3.80. The minimum atomic E-state index is -0.455. The second-order valence-corrected chi connectivity index (χ2v) is 8.12. The number of carbonyl (C=O) groups excluding carboxylic acids is 1. The SMILES string of the molecule is Cc1cnc2ccc(-c3nc(C(=O)NCc4cnccc4N(C)C)c(N)nc3-c3ncco3)cn12. The number of aryl methyl sites for hydroxylation is 1. The van der Waals surface area contributed by atoms with Gasteiger partial charge >= 0.3 is 0 Å². The van der Waals surface area contributed by atoms with Crippen LogP contribution in [0.2, 0.25) is 0 Å². The summed E-state index contributed by atoms with van der Waals surface area (Å²) in [6.07, 6.45) is 10.0. The molecule has 11 nitrogen and oxygen atoms in total. The lowest BCUT2D eigenvalue weighted by Gasteiger charge is -2.17. The van der Waals surface area contributed by atoms with Crippen LogP contribution in [0.4, 0.5) is 11.5 Å². The summed E-state index contributed by atoms with van der Waals surface area (Å²) >= 11 is 0. The van der Waals surface area contributed by atoms with Crippen molar-refractivity contribution in [2.45, 2.75) is 13.5 Å². The first-order valence-electron chi connectivity index (χ1n) is 10.8. The number of hydrogen-bond acceptors (Lipinski definition) is 9. The van der Waals surface area contributed by atoms with Gasteiger partial charge in [-0.15, -0.1) is 0 Å². The van der Waals surface area contributed by atoms with Crippen molar-refractivity contribution in [1.82, 2.24) is 34.6 Å². The van der Waals surface area contributed by atoms with E-state index in [0.29, 0.717) is 17.0 Å². The Kier molecular flexibility index (Phi) is 5.57. The summed E-state index contributed by atoms with van der Waals surface area (Å²) < 4.78 is 7.40. The second-order valence-electron chi connectivity index (χ2n) is 8.12. The molecule has 1 amide bonds. The highest BCUT2D eigenvalue weighted by atomic mass is 16.3. The van der Waals surface area contributed by atoms with E-state index < -0.39 is 5.91 Å². The zero-order valence-electron chi connectivity index (χ0n) is 19.4. The van der Waals surface area contributed by atoms with Crippen LogP contribution in [0.25, 0.3) is 28.5 Å². The molecule has 0 saturated carbocycles. The Hall–Kier alpha value is -4.80. The predicted octanol–water partition coefficient (Wildman–Crippen LogP) is 2.73. The molecule has 0 fully saturated rings. The molecule has 5 aromatic rings. The number of fused-ring (bicyclic) bond motifs is 1. The molecule has 5 rings (SSSR count). The Balaban J connectivity index is 1.55. The minimum Gasteiger partial charge on any atom is -0.443 e. The number of anilines is 2. The molecular weight excluding hydrogens is 446 g/mol. The first-order valence-corrected chi connectivity index (χ1v) is 10.8. The molecule has 0 bridgehead atoms. The largest absolute Gasteiger partial charge is 0.443 e. The molecule has 0 spiro atoms. The molecule has 5 aromatic heterocycles. The fraction of sp³-hybridized carbons (Fsp3) is 0.167. The number of carbonyl (C=O) groups is 1. The summed E-state index contributed by atoms with van der Waals surface area (Å²) in [6.45, 7) is 2.20. The Bertz CT molecular complexity index is 1520. The van der Waals surface area contributed by atoms with E-state index in [1.807, 2.05) is 54.7 Å². The highest BCUT2D eigenvalue weighted by molar-refractivity contribution is 5.97. The van der Waals surface area contributed by atoms with Gasteiger partial charge in [0.25, 0.3) is 5.91 Å². The van der Waals surface area contributed by atoms with Gasteiger partial charge in [0.15, 0.2) is 17.2 Å². The molecule has 0 radical (unpaired) electrons. The number of oxazole rings is 1. The molecule has 11 heteroatoms. The number of hydrogen-bond donors (Lipinski definition) is 2. The standard InChI is InChI=1S/C24H23N9O2/c1-14-10-28-18-5-4-15(13-33(14)18)19-20(24-27-8-9-35-24)31-22(25)21(30-19)23(34)29-12-16-11-26-7-6-17(16)32(2)3/h4-11,13H,12H2,1-3H3,(H2,25,31)(H,29,34). The maximum absolute atomic E-state index is 13.1. The third-order valence-electron chi connectivity index (χ3n) is 5.54. The molecular formula is C24H23N9O2. The maximum Gasteiger partial charge on any atom is 0.274 e. The van der Waals surface area contributed by atoms with Crippen molar-refractivity contribution < 1.29 is 9.21 Å². The average molecular weight is 470 g/mol. The topological polar surface area (TPSA) is 140 Å². The summed E-state index contributed by atoms with van der Waals surface area (Å²) in [6, 6.07) is 5.60. The first kappa shape index (κ1) is 22.0. The predicted molar refractivity (Wildman–Crippen MR) is 131 cm³/mol. The third kappa shape index (κ3) is 4.14. The average Bonchev–Trinajstić information content (AvgIpc) is 3.52. The van der Waals surface area contributed by atoms with Crippen LogP contribution in [0.1, 0.15) is 21.7 Å². The van der Waals surface area contributed by atoms with Crippen LogP contribution >= 0.6 is 0 Å². The Morgan fingerprint density at radius 2 is 1.97 bits per heavy atom. The molecule has 35 heavy (non-hydrogen) atoms. The first-order chi connectivity index (χ1) is 16.9. The quantitative estimate of drug-likeness (QED) is 0.384. The molecule has 0 aromatic carbocycles. The van der Waals surface area contributed by atoms with Crippen LogP contribution in [0.15, 0.2) is 59.9 Å². The van der Waals surface area contributed by atoms with E-state index in [1.165, 1.54) is 12.5 Å². The van der Waals surface area contributed by atoms with Crippen molar-refractivity contribution in [3.05, 3.63) is 72.4 Å². The summed E-state index contributed by atoms with van der Waals surface area (Å²) in [7, 11) is 3.85. The monoisotopic (exact) mass is 469 g/mol. The Morgan fingerprint density at radius 3 is 2.74 bits per heavy atom. The number of nitrogen functional groups attached to an aromatic ring is 1. The number of aromatic nitrogens is 6. The smallest absolute Gasteiger partial charge is 0.274 e. The van der Waals surface area contributed by atoms with Gasteiger partial charge in [0.05, 0.1) is 6.20 Å². The normalized spacial score (nSPS) is 11.1. The van der Waals surface area contributed by atoms with Crippen LogP contribution in [0.3, 0.4) is 0 Å². The zero-order chi connectivity index (χ0) is 24.5. The summed E-state index contributed by atoms with van der Waals surface area (Å²) in [5, 5.41) is 2.88. The second kappa shape index (κ2) is 8.86. The number of nitrogens with zero attached hydrogens (tertiary/aromatic N) is 7. The molecule has 0 aliphatic heterocycles. The molecule has 3 N–H and O–H groups in total. The molecule has 5 heterocycles. The van der Waals surface area contributed by atoms with Crippen molar-refractivity contribution in [1.29, 1.82) is 0 Å². The van der Waals surface area contributed by atoms with Crippen molar-refractivity contribution >= 4 is 23.1 Å². The van der Waals surface area contributed by atoms with Gasteiger partial charge in [-0.2, -0.15) is 0 Å². The minimum absolute atomic E-state index is 0.00745. The lowest BCUT2D eigenvalue weighted by molar-refractivity contribution is 0.0946. The van der Waals surface area contributed by atoms with E-state index in [9.17, 15) is 4.79 Å². The van der Waals surface area contributed by atoms with E-state index >= 15 is 0 Å². The van der Waals surface area contributed by atoms with Gasteiger partial charge in [0.2, 0.25) is 5.89 Å². The number of nitrogens with two attached hydrogens (primary N) is 1. The van der Waals surface area contributed by atoms with E-state index in [0.717, 1.165) is 22.6 Å². The number of amides is 1. The summed E-state index contributed by atoms with van der Waals surface area (Å²) in [5.74, 6) is -0.235. The lowest BCUT2D eigenvalue weighted by atomic mass is 10.1. The summed E-state index contributed by atoms with van der Waals surface area (Å²) in [5.41, 5.74) is 11.2. The van der Waals surface area contributed by atoms with Crippen molar-refractivity contribution in [2.75, 3.05) is 24.7 Å². The van der Waals surface area contributed by atoms with Gasteiger partial charge in [-0.05, 0) is 25.1 Å². The highest BCUT2D eigenvalue weighted by Crippen LogP contribution is 2.30. The maximum atomic E-state index is 13.1. The number of imidazole rings is 1. The molecule has 176 valence electrons. The van der Waals surface area contributed by atoms with E-state index in [4.69, 9.17) is 10.2 Å². The number of pyridine rings is 2. The third-order valence-corrected chi connectivity index (χ3v) is 5.54. The van der Waals surface area contributed by atoms with E-state index in [1.54, 1.807) is 18.6 Å². The molecule has 0 unspecified atom stereocenters. The number of rotatable bonds is 6. The molecule has 0 atom stereocenters. The van der Waals surface area contributed by atoms with Crippen molar-refractivity contribution in [3.63, 3.8) is 0 Å². The van der Waals surface area contributed by atoms with Crippen LogP contribution in [-0.2, 0) is 6.54 Å². The van der Waals surface area contributed by atoms with E-state index in [2.05, 4.69) is 30.2 Å². The van der Waals surface area contributed by atoms with Crippen molar-refractivity contribution in [3.8, 4) is 22.8 Å². The summed E-state index contributed by atoms with van der Waals surface area (Å²) in [4.78, 5) is 36.9.